The number of methoxy groups -OCH3 is 1. The summed E-state index contributed by atoms with van der Waals surface area (Å²) >= 11 is 5.17. The Labute approximate surface area is 176 Å². The third-order valence-electron chi connectivity index (χ3n) is 5.25. The molecule has 1 aliphatic heterocycles. The van der Waals surface area contributed by atoms with Gasteiger partial charge in [0.1, 0.15) is 11.5 Å². The van der Waals surface area contributed by atoms with Gasteiger partial charge < -0.3 is 15.2 Å². The van der Waals surface area contributed by atoms with Crippen molar-refractivity contribution in [2.24, 2.45) is 5.73 Å². The monoisotopic (exact) mass is 457 g/mol. The number of fused-ring (bicyclic) bond motifs is 3. The van der Waals surface area contributed by atoms with E-state index < -0.39 is 5.41 Å². The molecular weight excluding hydrogens is 438 g/mol. The Morgan fingerprint density at radius 3 is 2.64 bits per heavy atom. The van der Waals surface area contributed by atoms with Crippen LogP contribution < -0.4 is 15.2 Å². The van der Waals surface area contributed by atoms with Gasteiger partial charge in [0.2, 0.25) is 5.91 Å². The highest BCUT2D eigenvalue weighted by Gasteiger charge is 2.34. The molecule has 144 valence electrons. The van der Waals surface area contributed by atoms with Crippen LogP contribution in [0.25, 0.3) is 11.1 Å². The highest BCUT2D eigenvalue weighted by atomic mass is 79.9. The first-order valence-corrected chi connectivity index (χ1v) is 10.5. The minimum atomic E-state index is -0.781. The summed E-state index contributed by atoms with van der Waals surface area (Å²) in [6, 6.07) is 15.9. The number of ether oxygens (including phenoxy) is 2. The van der Waals surface area contributed by atoms with Crippen LogP contribution in [0.5, 0.6) is 11.5 Å². The van der Waals surface area contributed by atoms with Crippen molar-refractivity contribution in [3.8, 4) is 22.6 Å². The molecule has 1 aromatic heterocycles. The van der Waals surface area contributed by atoms with Crippen LogP contribution in [-0.4, -0.2) is 13.0 Å². The Morgan fingerprint density at radius 1 is 1.21 bits per heavy atom. The fourth-order valence-corrected chi connectivity index (χ4v) is 4.93. The lowest BCUT2D eigenvalue weighted by molar-refractivity contribution is -0.122. The maximum atomic E-state index is 12.0. The van der Waals surface area contributed by atoms with E-state index in [2.05, 4.69) is 22.0 Å². The highest BCUT2D eigenvalue weighted by molar-refractivity contribution is 9.11. The molecular formula is C22H20BrNO3S. The Kier molecular flexibility index (Phi) is 4.71. The number of carbonyl (C=O) groups excluding carboxylic acids is 1. The average Bonchev–Trinajstić information content (AvgIpc) is 3.12. The zero-order chi connectivity index (χ0) is 20.1. The van der Waals surface area contributed by atoms with E-state index in [0.717, 1.165) is 42.4 Å². The van der Waals surface area contributed by atoms with Gasteiger partial charge in [0.15, 0.2) is 6.10 Å². The molecule has 6 heteroatoms. The second-order valence-corrected chi connectivity index (χ2v) is 9.76. The second-order valence-electron chi connectivity index (χ2n) is 7.26. The third kappa shape index (κ3) is 3.01. The third-order valence-corrected chi connectivity index (χ3v) is 6.91. The van der Waals surface area contributed by atoms with E-state index in [-0.39, 0.29) is 12.0 Å². The predicted molar refractivity (Wildman–Crippen MR) is 115 cm³/mol. The quantitative estimate of drug-likeness (QED) is 0.567. The normalized spacial score (nSPS) is 15.4. The molecule has 4 nitrogen and oxygen atoms in total. The van der Waals surface area contributed by atoms with E-state index >= 15 is 0 Å². The van der Waals surface area contributed by atoms with Crippen LogP contribution in [0.15, 0.2) is 52.3 Å². The van der Waals surface area contributed by atoms with Crippen LogP contribution >= 0.6 is 27.3 Å². The first-order chi connectivity index (χ1) is 13.3. The molecule has 2 heterocycles. The molecule has 0 saturated heterocycles. The van der Waals surface area contributed by atoms with Crippen LogP contribution in [0.3, 0.4) is 0 Å². The molecule has 4 rings (SSSR count). The number of amides is 1. The number of halogens is 1. The lowest BCUT2D eigenvalue weighted by Crippen LogP contribution is -2.35. The van der Waals surface area contributed by atoms with Gasteiger partial charge in [-0.3, -0.25) is 4.79 Å². The Bertz CT molecular complexity index is 1070. The molecule has 3 aromatic rings. The van der Waals surface area contributed by atoms with Crippen molar-refractivity contribution in [2.45, 2.75) is 25.4 Å². The lowest BCUT2D eigenvalue weighted by atomic mass is 9.80. The minimum Gasteiger partial charge on any atom is -0.496 e. The van der Waals surface area contributed by atoms with Crippen molar-refractivity contribution >= 4 is 33.2 Å². The molecule has 1 atom stereocenters. The van der Waals surface area contributed by atoms with Gasteiger partial charge in [0.25, 0.3) is 0 Å². The first-order valence-electron chi connectivity index (χ1n) is 8.86. The highest BCUT2D eigenvalue weighted by Crippen LogP contribution is 2.50. The Morgan fingerprint density at radius 2 is 2.00 bits per heavy atom. The van der Waals surface area contributed by atoms with Crippen molar-refractivity contribution in [1.29, 1.82) is 0 Å². The van der Waals surface area contributed by atoms with Gasteiger partial charge in [-0.25, -0.2) is 0 Å². The van der Waals surface area contributed by atoms with E-state index in [1.807, 2.05) is 56.3 Å². The van der Waals surface area contributed by atoms with Crippen molar-refractivity contribution < 1.29 is 14.3 Å². The van der Waals surface area contributed by atoms with Crippen molar-refractivity contribution in [3.05, 3.63) is 68.3 Å². The zero-order valence-corrected chi connectivity index (χ0v) is 18.2. The van der Waals surface area contributed by atoms with Crippen LogP contribution in [0.2, 0.25) is 0 Å². The summed E-state index contributed by atoms with van der Waals surface area (Å²) in [7, 11) is 1.66. The van der Waals surface area contributed by atoms with Crippen LogP contribution in [0.1, 0.15) is 36.0 Å². The van der Waals surface area contributed by atoms with Crippen LogP contribution in [0.4, 0.5) is 0 Å². The number of hydrogen-bond acceptors (Lipinski definition) is 4. The van der Waals surface area contributed by atoms with E-state index in [1.165, 1.54) is 0 Å². The maximum Gasteiger partial charge on any atom is 0.227 e. The first kappa shape index (κ1) is 19.0. The topological polar surface area (TPSA) is 61.5 Å². The second kappa shape index (κ2) is 6.94. The zero-order valence-electron chi connectivity index (χ0n) is 15.8. The number of nitrogens with two attached hydrogens (primary N) is 1. The van der Waals surface area contributed by atoms with Gasteiger partial charge in [-0.2, -0.15) is 0 Å². The average molecular weight is 458 g/mol. The van der Waals surface area contributed by atoms with Crippen molar-refractivity contribution in [2.75, 3.05) is 7.11 Å². The minimum absolute atomic E-state index is 0.269. The van der Waals surface area contributed by atoms with Gasteiger partial charge >= 0.3 is 0 Å². The smallest absolute Gasteiger partial charge is 0.227 e. The molecule has 0 spiro atoms. The van der Waals surface area contributed by atoms with E-state index in [4.69, 9.17) is 15.2 Å². The van der Waals surface area contributed by atoms with E-state index in [9.17, 15) is 4.79 Å². The van der Waals surface area contributed by atoms with Crippen molar-refractivity contribution in [1.82, 2.24) is 0 Å². The number of primary amides is 1. The molecule has 28 heavy (non-hydrogen) atoms. The number of benzene rings is 2. The summed E-state index contributed by atoms with van der Waals surface area (Å²) in [6.07, 6.45) is -0.269. The molecule has 0 bridgehead atoms. The Balaban J connectivity index is 1.97. The van der Waals surface area contributed by atoms with Gasteiger partial charge in [0, 0.05) is 5.56 Å². The number of carbonyl (C=O) groups is 1. The molecule has 1 unspecified atom stereocenters. The van der Waals surface area contributed by atoms with Crippen LogP contribution in [-0.2, 0) is 10.2 Å². The fourth-order valence-electron chi connectivity index (χ4n) is 3.45. The molecule has 0 aliphatic carbocycles. The molecule has 1 amide bonds. The molecule has 2 aromatic carbocycles. The number of rotatable bonds is 4. The maximum absolute atomic E-state index is 12.0. The van der Waals surface area contributed by atoms with Gasteiger partial charge in [-0.1, -0.05) is 24.3 Å². The molecule has 0 radical (unpaired) electrons. The van der Waals surface area contributed by atoms with Crippen LogP contribution in [0, 0.1) is 0 Å². The summed E-state index contributed by atoms with van der Waals surface area (Å²) in [5.74, 6) is 1.17. The number of thiophene rings is 1. The predicted octanol–water partition coefficient (Wildman–Crippen LogP) is 5.43. The van der Waals surface area contributed by atoms with Gasteiger partial charge in [-0.05, 0) is 65.2 Å². The standard InChI is InChI=1S/C22H20BrNO3S/c1-22(2,21(24)25)12-7-8-13-14(11-12)20(17-9-10-18(23)28-17)27-16-6-4-5-15(26-3)19(13)16/h4-11,20H,1-3H3,(H2,24,25). The summed E-state index contributed by atoms with van der Waals surface area (Å²) in [5, 5.41) is 0. The fraction of sp³-hybridized carbons (Fsp3) is 0.227. The molecule has 1 aliphatic rings. The van der Waals surface area contributed by atoms with Gasteiger partial charge in [0.05, 0.1) is 26.8 Å². The lowest BCUT2D eigenvalue weighted by Gasteiger charge is -2.31. The largest absolute Gasteiger partial charge is 0.496 e. The Hall–Kier alpha value is -2.31. The molecule has 2 N–H and O–H groups in total. The molecule has 0 fully saturated rings. The molecule has 0 saturated carbocycles. The van der Waals surface area contributed by atoms with Gasteiger partial charge in [-0.15, -0.1) is 11.3 Å². The SMILES string of the molecule is COc1cccc2c1-c1ccc(C(C)(C)C(N)=O)cc1C(c1ccc(Br)s1)O2. The summed E-state index contributed by atoms with van der Waals surface area (Å²) in [6.45, 7) is 3.68. The van der Waals surface area contributed by atoms with E-state index in [1.54, 1.807) is 18.4 Å². The summed E-state index contributed by atoms with van der Waals surface area (Å²) in [4.78, 5) is 13.1. The van der Waals surface area contributed by atoms with Crippen molar-refractivity contribution in [3.63, 3.8) is 0 Å². The number of hydrogen-bond donors (Lipinski definition) is 1. The summed E-state index contributed by atoms with van der Waals surface area (Å²) < 4.78 is 13.1. The van der Waals surface area contributed by atoms with E-state index in [0.29, 0.717) is 0 Å². The summed E-state index contributed by atoms with van der Waals surface area (Å²) in [5.41, 5.74) is 8.70.